The lowest BCUT2D eigenvalue weighted by Gasteiger charge is -2.39. The summed E-state index contributed by atoms with van der Waals surface area (Å²) in [6.07, 6.45) is 4.07. The first kappa shape index (κ1) is 10.7. The Morgan fingerprint density at radius 2 is 1.80 bits per heavy atom. The van der Waals surface area contributed by atoms with Crippen LogP contribution in [0.1, 0.15) is 51.2 Å². The molecule has 0 saturated heterocycles. The molecular weight excluding hydrogens is 180 g/mol. The van der Waals surface area contributed by atoms with Gasteiger partial charge in [-0.25, -0.2) is 0 Å². The topological polar surface area (TPSA) is 0 Å². The zero-order valence-corrected chi connectivity index (χ0v) is 10.4. The van der Waals surface area contributed by atoms with E-state index >= 15 is 0 Å². The Kier molecular flexibility index (Phi) is 2.41. The quantitative estimate of drug-likeness (QED) is 0.630. The van der Waals surface area contributed by atoms with Crippen LogP contribution >= 0.6 is 0 Å². The van der Waals surface area contributed by atoms with Gasteiger partial charge in [0, 0.05) is 0 Å². The third-order valence-electron chi connectivity index (χ3n) is 4.63. The molecule has 0 heterocycles. The minimum atomic E-state index is 0.374. The highest BCUT2D eigenvalue weighted by Crippen LogP contribution is 2.53. The van der Waals surface area contributed by atoms with Crippen molar-refractivity contribution in [2.45, 2.75) is 52.4 Å². The zero-order valence-electron chi connectivity index (χ0n) is 10.4. The van der Waals surface area contributed by atoms with Crippen LogP contribution in [-0.4, -0.2) is 0 Å². The van der Waals surface area contributed by atoms with Crippen molar-refractivity contribution in [3.63, 3.8) is 0 Å². The molecule has 1 aromatic carbocycles. The molecule has 1 atom stereocenters. The number of aryl methyl sites for hydroxylation is 1. The van der Waals surface area contributed by atoms with Crippen molar-refractivity contribution in [3.8, 4) is 0 Å². The molecule has 1 aliphatic rings. The van der Waals surface area contributed by atoms with Crippen LogP contribution in [0.2, 0.25) is 0 Å². The maximum Gasteiger partial charge on any atom is -0.00241 e. The van der Waals surface area contributed by atoms with Gasteiger partial charge in [-0.2, -0.15) is 0 Å². The maximum absolute atomic E-state index is 2.44. The normalized spacial score (nSPS) is 29.3. The summed E-state index contributed by atoms with van der Waals surface area (Å²) in [6.45, 7) is 9.47. The average Bonchev–Trinajstić information content (AvgIpc) is 2.43. The fourth-order valence-electron chi connectivity index (χ4n) is 3.02. The summed E-state index contributed by atoms with van der Waals surface area (Å²) in [5.74, 6) is 0. The van der Waals surface area contributed by atoms with Crippen molar-refractivity contribution >= 4 is 0 Å². The summed E-state index contributed by atoms with van der Waals surface area (Å²) in [7, 11) is 0. The van der Waals surface area contributed by atoms with Gasteiger partial charge in [-0.1, -0.05) is 57.0 Å². The molecule has 15 heavy (non-hydrogen) atoms. The first-order valence-electron chi connectivity index (χ1n) is 6.03. The smallest absolute Gasteiger partial charge is 0.00241 e. The lowest BCUT2D eigenvalue weighted by atomic mass is 9.65. The van der Waals surface area contributed by atoms with Gasteiger partial charge in [0.25, 0.3) is 0 Å². The fourth-order valence-corrected chi connectivity index (χ4v) is 3.02. The molecule has 1 unspecified atom stereocenters. The Morgan fingerprint density at radius 1 is 1.07 bits per heavy atom. The van der Waals surface area contributed by atoms with Gasteiger partial charge in [0.15, 0.2) is 0 Å². The summed E-state index contributed by atoms with van der Waals surface area (Å²) >= 11 is 0. The molecule has 1 saturated carbocycles. The summed E-state index contributed by atoms with van der Waals surface area (Å²) in [6, 6.07) is 9.06. The molecule has 82 valence electrons. The van der Waals surface area contributed by atoms with Gasteiger partial charge < -0.3 is 0 Å². The molecule has 0 N–H and O–H groups in total. The molecule has 0 aromatic heterocycles. The van der Waals surface area contributed by atoms with E-state index in [0.717, 1.165) is 0 Å². The standard InChI is InChI=1S/C15H22/c1-12-7-5-8-13(11-12)15(4)10-6-9-14(15,2)3/h5,7-8,11H,6,9-10H2,1-4H3. The van der Waals surface area contributed by atoms with Crippen LogP contribution in [0.25, 0.3) is 0 Å². The number of hydrogen-bond acceptors (Lipinski definition) is 0. The molecule has 0 spiro atoms. The molecule has 2 rings (SSSR count). The van der Waals surface area contributed by atoms with Crippen LogP contribution in [0.15, 0.2) is 24.3 Å². The number of hydrogen-bond donors (Lipinski definition) is 0. The number of rotatable bonds is 1. The van der Waals surface area contributed by atoms with E-state index in [2.05, 4.69) is 52.0 Å². The molecular formula is C15H22. The molecule has 0 aliphatic heterocycles. The summed E-state index contributed by atoms with van der Waals surface area (Å²) in [5, 5.41) is 0. The largest absolute Gasteiger partial charge is 0.0617 e. The highest BCUT2D eigenvalue weighted by molar-refractivity contribution is 5.32. The van der Waals surface area contributed by atoms with Crippen LogP contribution in [0.5, 0.6) is 0 Å². The fraction of sp³-hybridized carbons (Fsp3) is 0.600. The van der Waals surface area contributed by atoms with E-state index in [1.54, 1.807) is 0 Å². The zero-order chi connectivity index (χ0) is 11.1. The van der Waals surface area contributed by atoms with E-state index < -0.39 is 0 Å². The monoisotopic (exact) mass is 202 g/mol. The van der Waals surface area contributed by atoms with Gasteiger partial charge in [-0.3, -0.25) is 0 Å². The predicted molar refractivity (Wildman–Crippen MR) is 66.2 cm³/mol. The van der Waals surface area contributed by atoms with Crippen LogP contribution in [0, 0.1) is 12.3 Å². The van der Waals surface area contributed by atoms with E-state index in [0.29, 0.717) is 10.8 Å². The van der Waals surface area contributed by atoms with Gasteiger partial charge in [0.1, 0.15) is 0 Å². The summed E-state index contributed by atoms with van der Waals surface area (Å²) in [5.41, 5.74) is 3.74. The molecule has 1 fully saturated rings. The lowest BCUT2D eigenvalue weighted by molar-refractivity contribution is 0.225. The second-order valence-electron chi connectivity index (χ2n) is 5.94. The van der Waals surface area contributed by atoms with E-state index in [4.69, 9.17) is 0 Å². The van der Waals surface area contributed by atoms with E-state index in [1.807, 2.05) is 0 Å². The third kappa shape index (κ3) is 1.60. The average molecular weight is 202 g/mol. The van der Waals surface area contributed by atoms with Crippen molar-refractivity contribution in [3.05, 3.63) is 35.4 Å². The minimum Gasteiger partial charge on any atom is -0.0617 e. The van der Waals surface area contributed by atoms with Crippen LogP contribution in [0.3, 0.4) is 0 Å². The molecule has 0 amide bonds. The van der Waals surface area contributed by atoms with Gasteiger partial charge in [-0.05, 0) is 36.2 Å². The molecule has 1 aliphatic carbocycles. The Hall–Kier alpha value is -0.780. The Balaban J connectivity index is 2.45. The highest BCUT2D eigenvalue weighted by Gasteiger charge is 2.45. The van der Waals surface area contributed by atoms with Crippen molar-refractivity contribution < 1.29 is 0 Å². The van der Waals surface area contributed by atoms with Crippen LogP contribution in [0.4, 0.5) is 0 Å². The first-order valence-corrected chi connectivity index (χ1v) is 6.03. The predicted octanol–water partition coefficient (Wildman–Crippen LogP) is 4.46. The van der Waals surface area contributed by atoms with E-state index in [-0.39, 0.29) is 0 Å². The van der Waals surface area contributed by atoms with Crippen molar-refractivity contribution in [2.24, 2.45) is 5.41 Å². The first-order chi connectivity index (χ1) is 6.96. The molecule has 1 aromatic rings. The van der Waals surface area contributed by atoms with Gasteiger partial charge in [-0.15, -0.1) is 0 Å². The van der Waals surface area contributed by atoms with E-state index in [1.165, 1.54) is 30.4 Å². The number of benzene rings is 1. The second kappa shape index (κ2) is 3.37. The highest BCUT2D eigenvalue weighted by atomic mass is 14.5. The van der Waals surface area contributed by atoms with Crippen molar-refractivity contribution in [1.29, 1.82) is 0 Å². The van der Waals surface area contributed by atoms with E-state index in [9.17, 15) is 0 Å². The van der Waals surface area contributed by atoms with Crippen molar-refractivity contribution in [2.75, 3.05) is 0 Å². The minimum absolute atomic E-state index is 0.374. The molecule has 0 heteroatoms. The summed E-state index contributed by atoms with van der Waals surface area (Å²) < 4.78 is 0. The molecule has 0 bridgehead atoms. The third-order valence-corrected chi connectivity index (χ3v) is 4.63. The van der Waals surface area contributed by atoms with Gasteiger partial charge in [0.2, 0.25) is 0 Å². The summed E-state index contributed by atoms with van der Waals surface area (Å²) in [4.78, 5) is 0. The maximum atomic E-state index is 2.44. The molecule has 0 nitrogen and oxygen atoms in total. The molecule has 0 radical (unpaired) electrons. The second-order valence-corrected chi connectivity index (χ2v) is 5.94. The Morgan fingerprint density at radius 3 is 2.33 bits per heavy atom. The van der Waals surface area contributed by atoms with Gasteiger partial charge in [0.05, 0.1) is 0 Å². The van der Waals surface area contributed by atoms with Gasteiger partial charge >= 0.3 is 0 Å². The SMILES string of the molecule is Cc1cccc(C2(C)CCCC2(C)C)c1. The Labute approximate surface area is 93.7 Å². The Bertz CT molecular complexity index is 362. The van der Waals surface area contributed by atoms with Crippen LogP contribution in [-0.2, 0) is 5.41 Å². The van der Waals surface area contributed by atoms with Crippen molar-refractivity contribution in [1.82, 2.24) is 0 Å². The van der Waals surface area contributed by atoms with Crippen LogP contribution < -0.4 is 0 Å². The lowest BCUT2D eigenvalue weighted by Crippen LogP contribution is -2.33.